The highest BCUT2D eigenvalue weighted by molar-refractivity contribution is 7.89. The summed E-state index contributed by atoms with van der Waals surface area (Å²) in [6.07, 6.45) is 0.772. The summed E-state index contributed by atoms with van der Waals surface area (Å²) in [5, 5.41) is 0. The van der Waals surface area contributed by atoms with Gasteiger partial charge in [-0.25, -0.2) is 8.42 Å². The van der Waals surface area contributed by atoms with Crippen molar-refractivity contribution in [3.63, 3.8) is 0 Å². The van der Waals surface area contributed by atoms with Crippen LogP contribution in [0.3, 0.4) is 0 Å². The molecule has 1 aliphatic heterocycles. The Kier molecular flexibility index (Phi) is 4.80. The van der Waals surface area contributed by atoms with E-state index in [4.69, 9.17) is 4.74 Å². The summed E-state index contributed by atoms with van der Waals surface area (Å²) in [6.45, 7) is 3.26. The number of nitrogens with zero attached hydrogens (tertiary/aromatic N) is 1. The fraction of sp³-hybridized carbons (Fsp3) is 0.333. The number of hydrogen-bond donors (Lipinski definition) is 0. The molecule has 0 saturated carbocycles. The third-order valence-electron chi connectivity index (χ3n) is 4.17. The van der Waals surface area contributed by atoms with Gasteiger partial charge in [-0.15, -0.1) is 0 Å². The quantitative estimate of drug-likeness (QED) is 0.865. The zero-order valence-electron chi connectivity index (χ0n) is 13.2. The molecule has 1 atom stereocenters. The average molecular weight is 331 g/mol. The van der Waals surface area contributed by atoms with Gasteiger partial charge < -0.3 is 4.74 Å². The monoisotopic (exact) mass is 331 g/mol. The van der Waals surface area contributed by atoms with E-state index in [2.05, 4.69) is 19.1 Å². The predicted molar refractivity (Wildman–Crippen MR) is 89.7 cm³/mol. The van der Waals surface area contributed by atoms with Crippen LogP contribution in [0, 0.1) is 0 Å². The van der Waals surface area contributed by atoms with Crippen LogP contribution in [0.2, 0.25) is 0 Å². The molecule has 4 nitrogen and oxygen atoms in total. The molecular formula is C18H21NO3S. The first-order valence-corrected chi connectivity index (χ1v) is 9.31. The fourth-order valence-corrected chi connectivity index (χ4v) is 4.20. The molecule has 1 heterocycles. The van der Waals surface area contributed by atoms with Crippen LogP contribution in [0.15, 0.2) is 59.5 Å². The summed E-state index contributed by atoms with van der Waals surface area (Å²) in [5.41, 5.74) is 2.29. The van der Waals surface area contributed by atoms with E-state index in [0.29, 0.717) is 24.6 Å². The Labute approximate surface area is 137 Å². The van der Waals surface area contributed by atoms with Crippen LogP contribution in [-0.2, 0) is 21.2 Å². The smallest absolute Gasteiger partial charge is 0.243 e. The summed E-state index contributed by atoms with van der Waals surface area (Å²) < 4.78 is 32.8. The molecule has 0 aliphatic carbocycles. The molecular weight excluding hydrogens is 310 g/mol. The van der Waals surface area contributed by atoms with Crippen molar-refractivity contribution >= 4 is 10.0 Å². The average Bonchev–Trinajstić information content (AvgIpc) is 2.62. The standard InChI is InChI=1S/C18H21NO3S/c1-2-15-8-10-16(11-9-15)18-14-19(12-13-22-18)23(20,21)17-6-4-3-5-7-17/h3-11,18H,2,12-14H2,1H3. The Morgan fingerprint density at radius 3 is 2.43 bits per heavy atom. The normalized spacial score (nSPS) is 19.6. The summed E-state index contributed by atoms with van der Waals surface area (Å²) in [4.78, 5) is 0.335. The minimum atomic E-state index is -3.46. The predicted octanol–water partition coefficient (Wildman–Crippen LogP) is 3.01. The van der Waals surface area contributed by atoms with E-state index in [1.54, 1.807) is 24.3 Å². The van der Waals surface area contributed by atoms with Gasteiger partial charge in [0.2, 0.25) is 10.0 Å². The van der Waals surface area contributed by atoms with Crippen molar-refractivity contribution in [3.05, 3.63) is 65.7 Å². The van der Waals surface area contributed by atoms with Gasteiger partial charge in [0.05, 0.1) is 17.6 Å². The SMILES string of the molecule is CCc1ccc(C2CN(S(=O)(=O)c3ccccc3)CCO2)cc1. The molecule has 23 heavy (non-hydrogen) atoms. The Bertz CT molecular complexity index is 742. The molecule has 1 fully saturated rings. The molecule has 1 aliphatic rings. The maximum atomic E-state index is 12.7. The molecule has 3 rings (SSSR count). The Hall–Kier alpha value is -1.69. The molecule has 1 unspecified atom stereocenters. The molecule has 0 spiro atoms. The van der Waals surface area contributed by atoms with Gasteiger partial charge in [0, 0.05) is 13.1 Å². The summed E-state index contributed by atoms with van der Waals surface area (Å²) >= 11 is 0. The second-order valence-electron chi connectivity index (χ2n) is 5.63. The van der Waals surface area contributed by atoms with E-state index >= 15 is 0 Å². The van der Waals surface area contributed by atoms with Gasteiger partial charge in [0.25, 0.3) is 0 Å². The molecule has 122 valence electrons. The van der Waals surface area contributed by atoms with Gasteiger partial charge in [-0.05, 0) is 29.7 Å². The van der Waals surface area contributed by atoms with E-state index in [-0.39, 0.29) is 6.10 Å². The van der Waals surface area contributed by atoms with E-state index in [9.17, 15) is 8.42 Å². The summed E-state index contributed by atoms with van der Waals surface area (Å²) in [6, 6.07) is 16.8. The van der Waals surface area contributed by atoms with Crippen LogP contribution >= 0.6 is 0 Å². The maximum Gasteiger partial charge on any atom is 0.243 e. The molecule has 2 aromatic carbocycles. The van der Waals surface area contributed by atoms with Gasteiger partial charge in [0.15, 0.2) is 0 Å². The Morgan fingerprint density at radius 1 is 1.09 bits per heavy atom. The second kappa shape index (κ2) is 6.83. The first-order valence-electron chi connectivity index (χ1n) is 7.87. The van der Waals surface area contributed by atoms with Crippen molar-refractivity contribution in [2.24, 2.45) is 0 Å². The lowest BCUT2D eigenvalue weighted by Gasteiger charge is -2.32. The zero-order valence-corrected chi connectivity index (χ0v) is 14.0. The Balaban J connectivity index is 1.80. The number of ether oxygens (including phenoxy) is 1. The van der Waals surface area contributed by atoms with Crippen molar-refractivity contribution in [2.45, 2.75) is 24.3 Å². The van der Waals surface area contributed by atoms with Crippen molar-refractivity contribution in [1.82, 2.24) is 4.31 Å². The third kappa shape index (κ3) is 3.47. The summed E-state index contributed by atoms with van der Waals surface area (Å²) in [5.74, 6) is 0. The van der Waals surface area contributed by atoms with E-state index < -0.39 is 10.0 Å². The van der Waals surface area contributed by atoms with Gasteiger partial charge in [0.1, 0.15) is 0 Å². The summed E-state index contributed by atoms with van der Waals surface area (Å²) in [7, 11) is -3.46. The highest BCUT2D eigenvalue weighted by Crippen LogP contribution is 2.26. The lowest BCUT2D eigenvalue weighted by Crippen LogP contribution is -2.42. The van der Waals surface area contributed by atoms with Crippen LogP contribution in [-0.4, -0.2) is 32.4 Å². The van der Waals surface area contributed by atoms with E-state index in [1.165, 1.54) is 9.87 Å². The molecule has 1 saturated heterocycles. The molecule has 0 amide bonds. The van der Waals surface area contributed by atoms with Crippen molar-refractivity contribution in [1.29, 1.82) is 0 Å². The number of morpholine rings is 1. The lowest BCUT2D eigenvalue weighted by molar-refractivity contribution is -0.00256. The van der Waals surface area contributed by atoms with Crippen LogP contribution < -0.4 is 0 Å². The van der Waals surface area contributed by atoms with Crippen molar-refractivity contribution in [3.8, 4) is 0 Å². The van der Waals surface area contributed by atoms with Crippen LogP contribution in [0.4, 0.5) is 0 Å². The molecule has 0 bridgehead atoms. The topological polar surface area (TPSA) is 46.6 Å². The van der Waals surface area contributed by atoms with Gasteiger partial charge in [-0.1, -0.05) is 49.4 Å². The molecule has 0 aromatic heterocycles. The molecule has 5 heteroatoms. The largest absolute Gasteiger partial charge is 0.371 e. The zero-order chi connectivity index (χ0) is 16.3. The second-order valence-corrected chi connectivity index (χ2v) is 7.57. The first-order chi connectivity index (χ1) is 11.1. The third-order valence-corrected chi connectivity index (χ3v) is 6.05. The number of hydrogen-bond acceptors (Lipinski definition) is 3. The van der Waals surface area contributed by atoms with Crippen LogP contribution in [0.5, 0.6) is 0 Å². The van der Waals surface area contributed by atoms with Crippen molar-refractivity contribution in [2.75, 3.05) is 19.7 Å². The molecule has 2 aromatic rings. The number of aryl methyl sites for hydroxylation is 1. The highest BCUT2D eigenvalue weighted by atomic mass is 32.2. The maximum absolute atomic E-state index is 12.7. The first kappa shape index (κ1) is 16.2. The minimum absolute atomic E-state index is 0.215. The van der Waals surface area contributed by atoms with E-state index in [1.807, 2.05) is 18.2 Å². The molecule has 0 N–H and O–H groups in total. The highest BCUT2D eigenvalue weighted by Gasteiger charge is 2.31. The van der Waals surface area contributed by atoms with E-state index in [0.717, 1.165) is 12.0 Å². The number of sulfonamides is 1. The fourth-order valence-electron chi connectivity index (χ4n) is 2.76. The van der Waals surface area contributed by atoms with Gasteiger partial charge >= 0.3 is 0 Å². The lowest BCUT2D eigenvalue weighted by atomic mass is 10.1. The molecule has 0 radical (unpaired) electrons. The van der Waals surface area contributed by atoms with Gasteiger partial charge in [-0.2, -0.15) is 4.31 Å². The number of benzene rings is 2. The van der Waals surface area contributed by atoms with Gasteiger partial charge in [-0.3, -0.25) is 0 Å². The Morgan fingerprint density at radius 2 is 1.78 bits per heavy atom. The minimum Gasteiger partial charge on any atom is -0.371 e. The van der Waals surface area contributed by atoms with Crippen LogP contribution in [0.1, 0.15) is 24.2 Å². The number of rotatable bonds is 4. The van der Waals surface area contributed by atoms with Crippen molar-refractivity contribution < 1.29 is 13.2 Å². The van der Waals surface area contributed by atoms with Crippen LogP contribution in [0.25, 0.3) is 0 Å².